The third kappa shape index (κ3) is 5.99. The van der Waals surface area contributed by atoms with Crippen LogP contribution < -0.4 is 15.8 Å². The Kier molecular flexibility index (Phi) is 7.73. The molecule has 1 aromatic rings. The van der Waals surface area contributed by atoms with Gasteiger partial charge in [0.25, 0.3) is 5.91 Å². The van der Waals surface area contributed by atoms with Crippen LogP contribution in [0.5, 0.6) is 5.75 Å². The van der Waals surface area contributed by atoms with Crippen molar-refractivity contribution in [3.63, 3.8) is 0 Å². The van der Waals surface area contributed by atoms with Crippen LogP contribution in [0.1, 0.15) is 26.2 Å². The van der Waals surface area contributed by atoms with Gasteiger partial charge in [-0.1, -0.05) is 43.0 Å². The predicted octanol–water partition coefficient (Wildman–Crippen LogP) is 3.01. The summed E-state index contributed by atoms with van der Waals surface area (Å²) in [5, 5.41) is 3.70. The Labute approximate surface area is 129 Å². The highest BCUT2D eigenvalue weighted by atomic mass is 35.5. The number of halogens is 2. The topological polar surface area (TPSA) is 64.3 Å². The molecule has 20 heavy (non-hydrogen) atoms. The molecule has 112 valence electrons. The number of amides is 1. The summed E-state index contributed by atoms with van der Waals surface area (Å²) in [4.78, 5) is 11.7. The highest BCUT2D eigenvalue weighted by molar-refractivity contribution is 6.42. The molecular formula is C14H20Cl2N2O2. The first-order valence-corrected chi connectivity index (χ1v) is 7.39. The molecule has 3 N–H and O–H groups in total. The molecule has 1 atom stereocenters. The average molecular weight is 319 g/mol. The largest absolute Gasteiger partial charge is 0.484 e. The van der Waals surface area contributed by atoms with Crippen molar-refractivity contribution < 1.29 is 9.53 Å². The maximum absolute atomic E-state index is 11.7. The summed E-state index contributed by atoms with van der Waals surface area (Å²) in [6.45, 7) is 2.46. The second-order valence-electron chi connectivity index (χ2n) is 4.51. The number of carbonyl (C=O) groups excluding carboxylic acids is 1. The van der Waals surface area contributed by atoms with Gasteiger partial charge in [-0.15, -0.1) is 0 Å². The van der Waals surface area contributed by atoms with Crippen LogP contribution in [0.4, 0.5) is 0 Å². The third-order valence-corrected chi connectivity index (χ3v) is 3.56. The molecule has 1 amide bonds. The van der Waals surface area contributed by atoms with Crippen molar-refractivity contribution in [2.24, 2.45) is 5.73 Å². The van der Waals surface area contributed by atoms with E-state index < -0.39 is 0 Å². The number of nitrogens with one attached hydrogen (secondary N) is 1. The van der Waals surface area contributed by atoms with E-state index in [9.17, 15) is 4.79 Å². The summed E-state index contributed by atoms with van der Waals surface area (Å²) in [7, 11) is 0. The minimum absolute atomic E-state index is 0.000134. The van der Waals surface area contributed by atoms with Crippen LogP contribution in [0.15, 0.2) is 18.2 Å². The molecule has 0 bridgehead atoms. The molecule has 0 saturated carbocycles. The molecule has 0 radical (unpaired) electrons. The second kappa shape index (κ2) is 9.06. The van der Waals surface area contributed by atoms with E-state index in [0.717, 1.165) is 19.3 Å². The third-order valence-electron chi connectivity index (χ3n) is 2.82. The van der Waals surface area contributed by atoms with Gasteiger partial charge >= 0.3 is 0 Å². The maximum atomic E-state index is 11.7. The first-order chi connectivity index (χ1) is 9.56. The monoisotopic (exact) mass is 318 g/mol. The van der Waals surface area contributed by atoms with Crippen molar-refractivity contribution in [3.8, 4) is 5.75 Å². The zero-order chi connectivity index (χ0) is 15.0. The van der Waals surface area contributed by atoms with Crippen LogP contribution in [0.25, 0.3) is 0 Å². The molecule has 0 aliphatic rings. The first-order valence-electron chi connectivity index (χ1n) is 6.64. The lowest BCUT2D eigenvalue weighted by molar-refractivity contribution is -0.123. The van der Waals surface area contributed by atoms with Crippen LogP contribution >= 0.6 is 23.2 Å². The summed E-state index contributed by atoms with van der Waals surface area (Å²) in [6.07, 6.45) is 2.99. The SMILES string of the molecule is CCCCC(CN)NC(=O)COc1ccc(Cl)c(Cl)c1. The Morgan fingerprint density at radius 3 is 2.75 bits per heavy atom. The van der Waals surface area contributed by atoms with Crippen molar-refractivity contribution in [2.45, 2.75) is 32.2 Å². The van der Waals surface area contributed by atoms with Gasteiger partial charge < -0.3 is 15.8 Å². The van der Waals surface area contributed by atoms with E-state index in [0.29, 0.717) is 22.3 Å². The molecule has 4 nitrogen and oxygen atoms in total. The number of nitrogens with two attached hydrogens (primary N) is 1. The van der Waals surface area contributed by atoms with Crippen LogP contribution in [-0.2, 0) is 4.79 Å². The highest BCUT2D eigenvalue weighted by Gasteiger charge is 2.11. The molecule has 1 aromatic carbocycles. The second-order valence-corrected chi connectivity index (χ2v) is 5.32. The number of rotatable bonds is 8. The van der Waals surface area contributed by atoms with Gasteiger partial charge in [-0.25, -0.2) is 0 Å². The summed E-state index contributed by atoms with van der Waals surface area (Å²) < 4.78 is 5.36. The Morgan fingerprint density at radius 2 is 2.15 bits per heavy atom. The zero-order valence-electron chi connectivity index (χ0n) is 11.5. The maximum Gasteiger partial charge on any atom is 0.258 e. The number of hydrogen-bond acceptors (Lipinski definition) is 3. The molecular weight excluding hydrogens is 299 g/mol. The molecule has 0 fully saturated rings. The van der Waals surface area contributed by atoms with Gasteiger partial charge in [0.2, 0.25) is 0 Å². The van der Waals surface area contributed by atoms with Crippen molar-refractivity contribution in [1.82, 2.24) is 5.32 Å². The van der Waals surface area contributed by atoms with Crippen LogP contribution in [0.3, 0.4) is 0 Å². The Balaban J connectivity index is 2.40. The van der Waals surface area contributed by atoms with Gasteiger partial charge in [-0.3, -0.25) is 4.79 Å². The van der Waals surface area contributed by atoms with E-state index in [1.165, 1.54) is 0 Å². The predicted molar refractivity (Wildman–Crippen MR) is 82.5 cm³/mol. The molecule has 0 heterocycles. The fourth-order valence-electron chi connectivity index (χ4n) is 1.68. The number of unbranched alkanes of at least 4 members (excludes halogenated alkanes) is 1. The molecule has 0 aromatic heterocycles. The van der Waals surface area contributed by atoms with Gasteiger partial charge in [0.15, 0.2) is 6.61 Å². The molecule has 1 unspecified atom stereocenters. The van der Waals surface area contributed by atoms with Gasteiger partial charge in [0.1, 0.15) is 5.75 Å². The van der Waals surface area contributed by atoms with Crippen molar-refractivity contribution in [3.05, 3.63) is 28.2 Å². The first kappa shape index (κ1) is 17.1. The van der Waals surface area contributed by atoms with Crippen LogP contribution in [-0.4, -0.2) is 25.1 Å². The summed E-state index contributed by atoms with van der Waals surface area (Å²) in [5.41, 5.74) is 5.62. The Bertz CT molecular complexity index is 441. The molecule has 0 aliphatic heterocycles. The number of hydrogen-bond donors (Lipinski definition) is 2. The fourth-order valence-corrected chi connectivity index (χ4v) is 1.97. The lowest BCUT2D eigenvalue weighted by Crippen LogP contribution is -2.42. The zero-order valence-corrected chi connectivity index (χ0v) is 13.0. The van der Waals surface area contributed by atoms with Crippen molar-refractivity contribution in [1.29, 1.82) is 0 Å². The van der Waals surface area contributed by atoms with Gasteiger partial charge in [-0.05, 0) is 18.6 Å². The molecule has 0 aliphatic carbocycles. The van der Waals surface area contributed by atoms with Crippen LogP contribution in [0, 0.1) is 0 Å². The summed E-state index contributed by atoms with van der Waals surface area (Å²) in [6, 6.07) is 4.87. The summed E-state index contributed by atoms with van der Waals surface area (Å²) >= 11 is 11.7. The standard InChI is InChI=1S/C14H20Cl2N2O2/c1-2-3-4-10(8-17)18-14(19)9-20-11-5-6-12(15)13(16)7-11/h5-7,10H,2-4,8-9,17H2,1H3,(H,18,19). The summed E-state index contributed by atoms with van der Waals surface area (Å²) in [5.74, 6) is 0.315. The molecule has 0 spiro atoms. The van der Waals surface area contributed by atoms with Gasteiger partial charge in [0.05, 0.1) is 10.0 Å². The van der Waals surface area contributed by atoms with E-state index >= 15 is 0 Å². The van der Waals surface area contributed by atoms with E-state index in [1.54, 1.807) is 18.2 Å². The molecule has 1 rings (SSSR count). The quantitative estimate of drug-likeness (QED) is 0.774. The lowest BCUT2D eigenvalue weighted by atomic mass is 10.1. The fraction of sp³-hybridized carbons (Fsp3) is 0.500. The van der Waals surface area contributed by atoms with E-state index in [2.05, 4.69) is 12.2 Å². The van der Waals surface area contributed by atoms with Gasteiger partial charge in [0, 0.05) is 18.7 Å². The van der Waals surface area contributed by atoms with Crippen molar-refractivity contribution >= 4 is 29.1 Å². The minimum Gasteiger partial charge on any atom is -0.484 e. The molecule has 0 saturated heterocycles. The minimum atomic E-state index is -0.192. The Hall–Kier alpha value is -0.970. The van der Waals surface area contributed by atoms with Crippen LogP contribution in [0.2, 0.25) is 10.0 Å². The van der Waals surface area contributed by atoms with E-state index in [-0.39, 0.29) is 18.6 Å². The highest BCUT2D eigenvalue weighted by Crippen LogP contribution is 2.26. The number of carbonyl (C=O) groups is 1. The molecule has 6 heteroatoms. The van der Waals surface area contributed by atoms with E-state index in [1.807, 2.05) is 0 Å². The average Bonchev–Trinajstić information content (AvgIpc) is 2.44. The Morgan fingerprint density at radius 1 is 1.40 bits per heavy atom. The van der Waals surface area contributed by atoms with Crippen molar-refractivity contribution in [2.75, 3.05) is 13.2 Å². The normalized spacial score (nSPS) is 12.0. The number of benzene rings is 1. The van der Waals surface area contributed by atoms with E-state index in [4.69, 9.17) is 33.7 Å². The van der Waals surface area contributed by atoms with Gasteiger partial charge in [-0.2, -0.15) is 0 Å². The lowest BCUT2D eigenvalue weighted by Gasteiger charge is -2.16. The smallest absolute Gasteiger partial charge is 0.258 e. The number of ether oxygens (including phenoxy) is 1.